The van der Waals surface area contributed by atoms with Crippen molar-refractivity contribution >= 4 is 0 Å². The first-order valence-electron chi connectivity index (χ1n) is 4.47. The predicted molar refractivity (Wildman–Crippen MR) is 47.9 cm³/mol. The summed E-state index contributed by atoms with van der Waals surface area (Å²) in [6.45, 7) is 8.42. The lowest BCUT2D eigenvalue weighted by atomic mass is 10.2. The van der Waals surface area contributed by atoms with Gasteiger partial charge < -0.3 is 5.32 Å². The number of hydrogen-bond donors (Lipinski definition) is 1. The SMILES string of the molecule is Cc1c2c(nn1C(C)C)CNC2. The highest BCUT2D eigenvalue weighted by molar-refractivity contribution is 5.28. The molecule has 3 nitrogen and oxygen atoms in total. The molecule has 2 rings (SSSR count). The van der Waals surface area contributed by atoms with Crippen LogP contribution in [0.15, 0.2) is 0 Å². The van der Waals surface area contributed by atoms with E-state index in [1.165, 1.54) is 17.0 Å². The maximum Gasteiger partial charge on any atom is 0.0810 e. The minimum absolute atomic E-state index is 0.482. The van der Waals surface area contributed by atoms with Crippen molar-refractivity contribution in [3.63, 3.8) is 0 Å². The fourth-order valence-electron chi connectivity index (χ4n) is 1.79. The van der Waals surface area contributed by atoms with Gasteiger partial charge >= 0.3 is 0 Å². The van der Waals surface area contributed by atoms with Gasteiger partial charge in [0.15, 0.2) is 0 Å². The van der Waals surface area contributed by atoms with Crippen molar-refractivity contribution < 1.29 is 0 Å². The Morgan fingerprint density at radius 3 is 2.75 bits per heavy atom. The van der Waals surface area contributed by atoms with Crippen LogP contribution in [0, 0.1) is 6.92 Å². The summed E-state index contributed by atoms with van der Waals surface area (Å²) < 4.78 is 2.12. The molecule has 1 aromatic rings. The number of hydrogen-bond acceptors (Lipinski definition) is 2. The summed E-state index contributed by atoms with van der Waals surface area (Å²) in [6.07, 6.45) is 0. The van der Waals surface area contributed by atoms with Gasteiger partial charge in [-0.1, -0.05) is 0 Å². The summed E-state index contributed by atoms with van der Waals surface area (Å²) in [7, 11) is 0. The van der Waals surface area contributed by atoms with Gasteiger partial charge in [0.25, 0.3) is 0 Å². The molecule has 0 spiro atoms. The Labute approximate surface area is 72.8 Å². The van der Waals surface area contributed by atoms with E-state index in [1.54, 1.807) is 0 Å². The van der Waals surface area contributed by atoms with E-state index in [-0.39, 0.29) is 0 Å². The monoisotopic (exact) mass is 165 g/mol. The average molecular weight is 165 g/mol. The zero-order valence-corrected chi connectivity index (χ0v) is 7.89. The number of nitrogens with one attached hydrogen (secondary N) is 1. The molecule has 1 aliphatic rings. The first kappa shape index (κ1) is 7.80. The third-order valence-electron chi connectivity index (χ3n) is 2.44. The fourth-order valence-corrected chi connectivity index (χ4v) is 1.79. The highest BCUT2D eigenvalue weighted by Gasteiger charge is 2.19. The fraction of sp³-hybridized carbons (Fsp3) is 0.667. The maximum atomic E-state index is 4.54. The summed E-state index contributed by atoms with van der Waals surface area (Å²) in [5, 5.41) is 7.84. The maximum absolute atomic E-state index is 4.54. The lowest BCUT2D eigenvalue weighted by molar-refractivity contribution is 0.507. The Balaban J connectivity index is 2.47. The van der Waals surface area contributed by atoms with Crippen LogP contribution >= 0.6 is 0 Å². The van der Waals surface area contributed by atoms with Crippen molar-refractivity contribution in [2.45, 2.75) is 39.9 Å². The summed E-state index contributed by atoms with van der Waals surface area (Å²) in [5.74, 6) is 0. The molecule has 0 bridgehead atoms. The van der Waals surface area contributed by atoms with E-state index < -0.39 is 0 Å². The van der Waals surface area contributed by atoms with E-state index in [1.807, 2.05) is 0 Å². The second kappa shape index (κ2) is 2.59. The third-order valence-corrected chi connectivity index (χ3v) is 2.44. The van der Waals surface area contributed by atoms with Crippen molar-refractivity contribution in [1.29, 1.82) is 0 Å². The summed E-state index contributed by atoms with van der Waals surface area (Å²) in [4.78, 5) is 0. The Morgan fingerprint density at radius 2 is 2.17 bits per heavy atom. The van der Waals surface area contributed by atoms with Crippen LogP contribution in [0.4, 0.5) is 0 Å². The zero-order chi connectivity index (χ0) is 8.72. The number of aromatic nitrogens is 2. The molecule has 0 atom stereocenters. The Kier molecular flexibility index (Phi) is 1.68. The third kappa shape index (κ3) is 0.966. The molecule has 0 amide bonds. The first-order chi connectivity index (χ1) is 5.70. The van der Waals surface area contributed by atoms with Crippen LogP contribution in [0.3, 0.4) is 0 Å². The molecular weight excluding hydrogens is 150 g/mol. The molecule has 0 aromatic carbocycles. The highest BCUT2D eigenvalue weighted by atomic mass is 15.3. The molecule has 0 aliphatic carbocycles. The molecule has 0 saturated carbocycles. The van der Waals surface area contributed by atoms with Gasteiger partial charge in [0, 0.05) is 30.4 Å². The van der Waals surface area contributed by atoms with Gasteiger partial charge in [-0.05, 0) is 20.8 Å². The molecule has 3 heteroatoms. The standard InChI is InChI=1S/C9H15N3/c1-6(2)12-7(3)8-4-10-5-9(8)11-12/h6,10H,4-5H2,1-3H3. The predicted octanol–water partition coefficient (Wildman–Crippen LogP) is 1.38. The van der Waals surface area contributed by atoms with Gasteiger partial charge in [0.1, 0.15) is 0 Å². The van der Waals surface area contributed by atoms with Crippen LogP contribution in [0.5, 0.6) is 0 Å². The van der Waals surface area contributed by atoms with E-state index in [9.17, 15) is 0 Å². The molecular formula is C9H15N3. The molecule has 1 N–H and O–H groups in total. The topological polar surface area (TPSA) is 29.9 Å². The number of fused-ring (bicyclic) bond motifs is 1. The van der Waals surface area contributed by atoms with Crippen LogP contribution < -0.4 is 5.32 Å². The highest BCUT2D eigenvalue weighted by Crippen LogP contribution is 2.20. The largest absolute Gasteiger partial charge is 0.307 e. The van der Waals surface area contributed by atoms with E-state index in [2.05, 4.69) is 35.9 Å². The van der Waals surface area contributed by atoms with Crippen LogP contribution in [-0.4, -0.2) is 9.78 Å². The second-order valence-electron chi connectivity index (χ2n) is 3.65. The molecule has 0 radical (unpaired) electrons. The zero-order valence-electron chi connectivity index (χ0n) is 7.89. The van der Waals surface area contributed by atoms with Gasteiger partial charge in [-0.3, -0.25) is 4.68 Å². The van der Waals surface area contributed by atoms with Crippen molar-refractivity contribution in [2.24, 2.45) is 0 Å². The van der Waals surface area contributed by atoms with Gasteiger partial charge in [0.05, 0.1) is 5.69 Å². The van der Waals surface area contributed by atoms with Gasteiger partial charge in [-0.25, -0.2) is 0 Å². The molecule has 66 valence electrons. The van der Waals surface area contributed by atoms with Crippen LogP contribution in [0.25, 0.3) is 0 Å². The first-order valence-corrected chi connectivity index (χ1v) is 4.47. The summed E-state index contributed by atoms with van der Waals surface area (Å²) in [6, 6.07) is 0.482. The van der Waals surface area contributed by atoms with Gasteiger partial charge in [-0.15, -0.1) is 0 Å². The smallest absolute Gasteiger partial charge is 0.0810 e. The minimum atomic E-state index is 0.482. The Hall–Kier alpha value is -0.830. The molecule has 12 heavy (non-hydrogen) atoms. The molecule has 2 heterocycles. The van der Waals surface area contributed by atoms with Crippen molar-refractivity contribution in [2.75, 3.05) is 0 Å². The summed E-state index contributed by atoms with van der Waals surface area (Å²) >= 11 is 0. The molecule has 0 saturated heterocycles. The van der Waals surface area contributed by atoms with E-state index in [0.717, 1.165) is 13.1 Å². The Morgan fingerprint density at radius 1 is 1.42 bits per heavy atom. The van der Waals surface area contributed by atoms with Gasteiger partial charge in [-0.2, -0.15) is 5.10 Å². The quantitative estimate of drug-likeness (QED) is 0.681. The molecule has 0 unspecified atom stereocenters. The van der Waals surface area contributed by atoms with Crippen LogP contribution in [0.2, 0.25) is 0 Å². The lowest BCUT2D eigenvalue weighted by Crippen LogP contribution is -2.10. The summed E-state index contributed by atoms with van der Waals surface area (Å²) in [5.41, 5.74) is 3.97. The molecule has 0 fully saturated rings. The van der Waals surface area contributed by atoms with E-state index >= 15 is 0 Å². The number of rotatable bonds is 1. The number of nitrogens with zero attached hydrogens (tertiary/aromatic N) is 2. The second-order valence-corrected chi connectivity index (χ2v) is 3.65. The molecule has 1 aliphatic heterocycles. The molecule has 1 aromatic heterocycles. The van der Waals surface area contributed by atoms with Crippen LogP contribution in [-0.2, 0) is 13.1 Å². The van der Waals surface area contributed by atoms with E-state index in [0.29, 0.717) is 6.04 Å². The average Bonchev–Trinajstić information content (AvgIpc) is 2.53. The minimum Gasteiger partial charge on any atom is -0.307 e. The van der Waals surface area contributed by atoms with Crippen molar-refractivity contribution in [3.05, 3.63) is 17.0 Å². The van der Waals surface area contributed by atoms with E-state index in [4.69, 9.17) is 0 Å². The van der Waals surface area contributed by atoms with Crippen molar-refractivity contribution in [1.82, 2.24) is 15.1 Å². The van der Waals surface area contributed by atoms with Gasteiger partial charge in [0.2, 0.25) is 0 Å². The normalized spacial score (nSPS) is 15.7. The lowest BCUT2D eigenvalue weighted by Gasteiger charge is -2.08. The van der Waals surface area contributed by atoms with Crippen molar-refractivity contribution in [3.8, 4) is 0 Å². The van der Waals surface area contributed by atoms with Crippen LogP contribution in [0.1, 0.15) is 36.8 Å². The Bertz CT molecular complexity index is 299.